The molecular formula is C23H23F3N6O3. The maximum absolute atomic E-state index is 13.2. The van der Waals surface area contributed by atoms with Gasteiger partial charge in [-0.25, -0.2) is 4.79 Å². The first-order chi connectivity index (χ1) is 16.5. The van der Waals surface area contributed by atoms with Crippen molar-refractivity contribution in [1.29, 1.82) is 0 Å². The smallest absolute Gasteiger partial charge is 0.433 e. The Morgan fingerprint density at radius 2 is 1.71 bits per heavy atom. The molecule has 4 rings (SSSR count). The van der Waals surface area contributed by atoms with Crippen LogP contribution in [-0.2, 0) is 26.9 Å². The highest BCUT2D eigenvalue weighted by Gasteiger charge is 2.35. The summed E-state index contributed by atoms with van der Waals surface area (Å²) in [5, 5.41) is 11.7. The van der Waals surface area contributed by atoms with Crippen LogP contribution in [0.4, 0.5) is 13.2 Å². The summed E-state index contributed by atoms with van der Waals surface area (Å²) in [6.07, 6.45) is -4.50. The zero-order valence-electron chi connectivity index (χ0n) is 19.7. The van der Waals surface area contributed by atoms with Crippen LogP contribution in [0, 0.1) is 13.8 Å². The summed E-state index contributed by atoms with van der Waals surface area (Å²) in [7, 11) is 4.27. The molecule has 0 saturated heterocycles. The molecule has 0 unspecified atom stereocenters. The summed E-state index contributed by atoms with van der Waals surface area (Å²) >= 11 is 0. The summed E-state index contributed by atoms with van der Waals surface area (Å²) in [4.78, 5) is 12.4. The number of hydrogen-bond donors (Lipinski definition) is 0. The minimum atomic E-state index is -4.50. The van der Waals surface area contributed by atoms with Gasteiger partial charge in [0, 0.05) is 19.7 Å². The van der Waals surface area contributed by atoms with E-state index in [1.54, 1.807) is 44.2 Å². The molecule has 0 amide bonds. The number of hydrogen-bond acceptors (Lipinski definition) is 6. The second-order valence-electron chi connectivity index (χ2n) is 8.01. The number of aryl methyl sites for hydroxylation is 4. The fourth-order valence-corrected chi connectivity index (χ4v) is 3.79. The highest BCUT2D eigenvalue weighted by atomic mass is 19.4. The lowest BCUT2D eigenvalue weighted by Gasteiger charge is -2.16. The molecule has 2 aromatic carbocycles. The first-order valence-electron chi connectivity index (χ1n) is 10.5. The molecule has 0 saturated carbocycles. The molecule has 35 heavy (non-hydrogen) atoms. The summed E-state index contributed by atoms with van der Waals surface area (Å²) < 4.78 is 54.2. The quantitative estimate of drug-likeness (QED) is 0.412. The van der Waals surface area contributed by atoms with Crippen LogP contribution in [0.5, 0.6) is 11.5 Å². The summed E-state index contributed by atoms with van der Waals surface area (Å²) in [6, 6.07) is 9.69. The summed E-state index contributed by atoms with van der Waals surface area (Å²) in [5.41, 5.74) is 1.99. The van der Waals surface area contributed by atoms with Gasteiger partial charge in [0.05, 0.1) is 24.1 Å². The third kappa shape index (κ3) is 4.51. The zero-order chi connectivity index (χ0) is 25.5. The van der Waals surface area contributed by atoms with Crippen molar-refractivity contribution in [3.8, 4) is 28.4 Å². The van der Waals surface area contributed by atoms with E-state index in [1.165, 1.54) is 21.2 Å². The third-order valence-electron chi connectivity index (χ3n) is 5.62. The molecule has 0 radical (unpaired) electrons. The van der Waals surface area contributed by atoms with E-state index in [1.807, 2.05) is 0 Å². The van der Waals surface area contributed by atoms with Crippen LogP contribution in [0.25, 0.3) is 16.9 Å². The van der Waals surface area contributed by atoms with Gasteiger partial charge in [-0.2, -0.15) is 27.6 Å². The Labute approximate surface area is 198 Å². The first kappa shape index (κ1) is 24.0. The fraction of sp³-hybridized carbons (Fsp3) is 0.304. The van der Waals surface area contributed by atoms with Gasteiger partial charge < -0.3 is 9.47 Å². The number of tetrazole rings is 1. The fourth-order valence-electron chi connectivity index (χ4n) is 3.79. The Balaban J connectivity index is 1.67. The average molecular weight is 488 g/mol. The molecule has 4 aromatic rings. The standard InChI is InChI=1S/C23H23F3N6O3/c1-13-10-20(14(2)9-15(13)17-11-21(23(24,25)26)30(3)27-17)35-12-16-18(7-6-8-19(16)34-5)32-22(33)31(4)28-29-32/h6-11H,12H2,1-5H3. The Kier molecular flexibility index (Phi) is 6.14. The molecule has 0 fully saturated rings. The van der Waals surface area contributed by atoms with Crippen molar-refractivity contribution in [2.45, 2.75) is 26.6 Å². The van der Waals surface area contributed by atoms with Gasteiger partial charge in [-0.1, -0.05) is 6.07 Å². The van der Waals surface area contributed by atoms with Crippen LogP contribution in [0.3, 0.4) is 0 Å². The maximum atomic E-state index is 13.2. The lowest BCUT2D eigenvalue weighted by atomic mass is 10.0. The first-order valence-corrected chi connectivity index (χ1v) is 10.5. The number of nitrogens with zero attached hydrogens (tertiary/aromatic N) is 6. The number of halogens is 3. The molecule has 2 heterocycles. The predicted molar refractivity (Wildman–Crippen MR) is 121 cm³/mol. The van der Waals surface area contributed by atoms with Crippen molar-refractivity contribution in [2.75, 3.05) is 7.11 Å². The second kappa shape index (κ2) is 8.93. The SMILES string of the molecule is COc1cccc(-n2nnn(C)c2=O)c1COc1cc(C)c(-c2cc(C(F)(F)F)n(C)n2)cc1C. The van der Waals surface area contributed by atoms with Crippen molar-refractivity contribution >= 4 is 0 Å². The van der Waals surface area contributed by atoms with Gasteiger partial charge in [-0.05, 0) is 65.7 Å². The largest absolute Gasteiger partial charge is 0.496 e. The van der Waals surface area contributed by atoms with Gasteiger partial charge in [0.25, 0.3) is 0 Å². The Bertz CT molecular complexity index is 1450. The lowest BCUT2D eigenvalue weighted by Crippen LogP contribution is -2.23. The molecule has 0 aliphatic carbocycles. The van der Waals surface area contributed by atoms with Gasteiger partial charge in [0.2, 0.25) is 0 Å². The predicted octanol–water partition coefficient (Wildman–Crippen LogP) is 3.59. The van der Waals surface area contributed by atoms with Gasteiger partial charge in [0.15, 0.2) is 0 Å². The van der Waals surface area contributed by atoms with E-state index in [-0.39, 0.29) is 12.3 Å². The minimum Gasteiger partial charge on any atom is -0.496 e. The van der Waals surface area contributed by atoms with Gasteiger partial charge in [-0.3, -0.25) is 4.68 Å². The number of benzene rings is 2. The van der Waals surface area contributed by atoms with Crippen LogP contribution in [0.15, 0.2) is 41.2 Å². The number of rotatable bonds is 6. The maximum Gasteiger partial charge on any atom is 0.433 e. The van der Waals surface area contributed by atoms with Gasteiger partial charge in [0.1, 0.15) is 23.8 Å². The van der Waals surface area contributed by atoms with Crippen molar-refractivity contribution in [1.82, 2.24) is 29.6 Å². The summed E-state index contributed by atoms with van der Waals surface area (Å²) in [5.74, 6) is 1.03. The highest BCUT2D eigenvalue weighted by molar-refractivity contribution is 5.67. The number of ether oxygens (including phenoxy) is 2. The molecule has 0 atom stereocenters. The van der Waals surface area contributed by atoms with E-state index in [0.29, 0.717) is 39.4 Å². The van der Waals surface area contributed by atoms with Crippen LogP contribution >= 0.6 is 0 Å². The van der Waals surface area contributed by atoms with Gasteiger partial charge >= 0.3 is 11.9 Å². The number of aromatic nitrogens is 6. The van der Waals surface area contributed by atoms with Crippen molar-refractivity contribution < 1.29 is 22.6 Å². The second-order valence-corrected chi connectivity index (χ2v) is 8.01. The molecule has 0 spiro atoms. The lowest BCUT2D eigenvalue weighted by molar-refractivity contribution is -0.143. The van der Waals surface area contributed by atoms with Crippen molar-refractivity contribution in [2.24, 2.45) is 14.1 Å². The van der Waals surface area contributed by atoms with Crippen LogP contribution in [0.1, 0.15) is 22.4 Å². The number of alkyl halides is 3. The van der Waals surface area contributed by atoms with E-state index >= 15 is 0 Å². The minimum absolute atomic E-state index is 0.0454. The topological polar surface area (TPSA) is 89.0 Å². The Hall–Kier alpha value is -4.09. The van der Waals surface area contributed by atoms with E-state index < -0.39 is 17.6 Å². The Morgan fingerprint density at radius 1 is 0.971 bits per heavy atom. The normalized spacial score (nSPS) is 11.7. The van der Waals surface area contributed by atoms with Crippen molar-refractivity contribution in [3.05, 3.63) is 69.3 Å². The Morgan fingerprint density at radius 3 is 2.31 bits per heavy atom. The molecule has 9 nitrogen and oxygen atoms in total. The molecule has 0 bridgehead atoms. The van der Waals surface area contributed by atoms with E-state index in [2.05, 4.69) is 15.5 Å². The summed E-state index contributed by atoms with van der Waals surface area (Å²) in [6.45, 7) is 3.61. The molecule has 184 valence electrons. The zero-order valence-corrected chi connectivity index (χ0v) is 19.7. The van der Waals surface area contributed by atoms with Crippen LogP contribution < -0.4 is 15.2 Å². The van der Waals surface area contributed by atoms with E-state index in [9.17, 15) is 18.0 Å². The molecule has 0 aliphatic rings. The van der Waals surface area contributed by atoms with E-state index in [4.69, 9.17) is 9.47 Å². The molecule has 12 heteroatoms. The average Bonchev–Trinajstić information content (AvgIpc) is 3.36. The van der Waals surface area contributed by atoms with Crippen LogP contribution in [0.2, 0.25) is 0 Å². The highest BCUT2D eigenvalue weighted by Crippen LogP contribution is 2.35. The van der Waals surface area contributed by atoms with Crippen molar-refractivity contribution in [3.63, 3.8) is 0 Å². The molecule has 2 aromatic heterocycles. The monoisotopic (exact) mass is 488 g/mol. The van der Waals surface area contributed by atoms with E-state index in [0.717, 1.165) is 20.1 Å². The third-order valence-corrected chi connectivity index (χ3v) is 5.62. The molecule has 0 N–H and O–H groups in total. The molecular weight excluding hydrogens is 465 g/mol. The molecule has 0 aliphatic heterocycles. The van der Waals surface area contributed by atoms with Crippen LogP contribution in [-0.4, -0.2) is 36.7 Å². The number of methoxy groups -OCH3 is 1. The van der Waals surface area contributed by atoms with Gasteiger partial charge in [-0.15, -0.1) is 0 Å².